The minimum atomic E-state index is 0.401. The minimum absolute atomic E-state index is 0.401. The van der Waals surface area contributed by atoms with Crippen LogP contribution in [0, 0.1) is 0 Å². The predicted octanol–water partition coefficient (Wildman–Crippen LogP) is 6.11. The minimum Gasteiger partial charge on any atom is -0.309 e. The smallest absolute Gasteiger partial charge is 0.0521 e. The molecule has 0 aliphatic carbocycles. The summed E-state index contributed by atoms with van der Waals surface area (Å²) in [6.07, 6.45) is 1.16. The van der Waals surface area contributed by atoms with Gasteiger partial charge in [0.25, 0.3) is 0 Å². The molecule has 2 aromatic rings. The van der Waals surface area contributed by atoms with Crippen molar-refractivity contribution in [3.8, 4) is 0 Å². The molecule has 1 aromatic heterocycles. The topological polar surface area (TPSA) is 12.0 Å². The van der Waals surface area contributed by atoms with Gasteiger partial charge in [0.05, 0.1) is 6.04 Å². The Balaban J connectivity index is 2.01. The molecule has 1 N–H and O–H groups in total. The molecule has 1 atom stereocenters. The summed E-state index contributed by atoms with van der Waals surface area (Å²) in [6, 6.07) is 11.0. The Hall–Kier alpha value is 0.190. The van der Waals surface area contributed by atoms with Crippen molar-refractivity contribution >= 4 is 55.0 Å². The van der Waals surface area contributed by atoms with E-state index in [9.17, 15) is 0 Å². The van der Waals surface area contributed by atoms with Crippen LogP contribution >= 0.6 is 55.0 Å². The largest absolute Gasteiger partial charge is 0.309 e. The molecule has 0 aliphatic heterocycles. The van der Waals surface area contributed by atoms with Gasteiger partial charge in [-0.1, -0.05) is 22.9 Å². The second-order valence-electron chi connectivity index (χ2n) is 4.40. The van der Waals surface area contributed by atoms with E-state index in [1.165, 1.54) is 14.2 Å². The first-order valence-corrected chi connectivity index (χ1v) is 10.0. The van der Waals surface area contributed by atoms with Crippen LogP contribution in [0.5, 0.6) is 0 Å². The van der Waals surface area contributed by atoms with Crippen molar-refractivity contribution in [2.24, 2.45) is 0 Å². The van der Waals surface area contributed by atoms with Crippen molar-refractivity contribution in [3.05, 3.63) is 49.5 Å². The molecule has 1 heterocycles. The normalized spacial score (nSPS) is 12.6. The summed E-state index contributed by atoms with van der Waals surface area (Å²) in [5.74, 6) is 1.04. The zero-order chi connectivity index (χ0) is 14.4. The van der Waals surface area contributed by atoms with Crippen LogP contribution in [0.15, 0.2) is 49.6 Å². The summed E-state index contributed by atoms with van der Waals surface area (Å²) in [5, 5.41) is 5.79. The lowest BCUT2D eigenvalue weighted by molar-refractivity contribution is 0.583. The van der Waals surface area contributed by atoms with E-state index in [1.807, 2.05) is 23.1 Å². The van der Waals surface area contributed by atoms with Gasteiger partial charge in [-0.25, -0.2) is 0 Å². The molecule has 1 aromatic carbocycles. The molecule has 2 rings (SSSR count). The number of thioether (sulfide) groups is 1. The van der Waals surface area contributed by atoms with Crippen LogP contribution in [0.3, 0.4) is 0 Å². The lowest BCUT2D eigenvalue weighted by atomic mass is 10.2. The highest BCUT2D eigenvalue weighted by Crippen LogP contribution is 2.33. The molecular weight excluding hydrogens is 418 g/mol. The first kappa shape index (κ1) is 16.6. The molecule has 0 radical (unpaired) electrons. The van der Waals surface area contributed by atoms with Crippen molar-refractivity contribution in [3.63, 3.8) is 0 Å². The molecule has 0 aliphatic rings. The number of halogens is 2. The zero-order valence-corrected chi connectivity index (χ0v) is 16.0. The molecule has 0 saturated heterocycles. The SMILES string of the molecule is CCCNC(CSc1ccc(Br)cc1)c1sccc1Br. The fourth-order valence-electron chi connectivity index (χ4n) is 1.81. The number of hydrogen-bond acceptors (Lipinski definition) is 3. The lowest BCUT2D eigenvalue weighted by Gasteiger charge is -2.17. The van der Waals surface area contributed by atoms with Gasteiger partial charge in [-0.15, -0.1) is 23.1 Å². The van der Waals surface area contributed by atoms with Crippen LogP contribution in [0.25, 0.3) is 0 Å². The summed E-state index contributed by atoms with van der Waals surface area (Å²) >= 11 is 10.8. The maximum Gasteiger partial charge on any atom is 0.0521 e. The quantitative estimate of drug-likeness (QED) is 0.527. The third-order valence-corrected chi connectivity index (χ3v) is 6.45. The summed E-state index contributed by atoms with van der Waals surface area (Å²) in [4.78, 5) is 2.70. The van der Waals surface area contributed by atoms with Gasteiger partial charge in [-0.3, -0.25) is 0 Å². The van der Waals surface area contributed by atoms with Gasteiger partial charge >= 0.3 is 0 Å². The van der Waals surface area contributed by atoms with Gasteiger partial charge in [0.2, 0.25) is 0 Å². The molecule has 0 fully saturated rings. The Kier molecular flexibility index (Phi) is 7.11. The van der Waals surface area contributed by atoms with Crippen molar-refractivity contribution in [2.75, 3.05) is 12.3 Å². The summed E-state index contributed by atoms with van der Waals surface area (Å²) in [6.45, 7) is 3.26. The van der Waals surface area contributed by atoms with E-state index in [-0.39, 0.29) is 0 Å². The molecule has 0 spiro atoms. The van der Waals surface area contributed by atoms with E-state index in [0.717, 1.165) is 23.2 Å². The van der Waals surface area contributed by atoms with Crippen molar-refractivity contribution in [1.29, 1.82) is 0 Å². The molecule has 5 heteroatoms. The van der Waals surface area contributed by atoms with E-state index in [1.54, 1.807) is 0 Å². The fourth-order valence-corrected chi connectivity index (χ4v) is 4.88. The van der Waals surface area contributed by atoms with Crippen LogP contribution in [0.1, 0.15) is 24.3 Å². The summed E-state index contributed by atoms with van der Waals surface area (Å²) in [5.41, 5.74) is 0. The average molecular weight is 435 g/mol. The van der Waals surface area contributed by atoms with E-state index in [0.29, 0.717) is 6.04 Å². The molecule has 0 amide bonds. The van der Waals surface area contributed by atoms with Crippen molar-refractivity contribution in [1.82, 2.24) is 5.32 Å². The monoisotopic (exact) mass is 433 g/mol. The molecule has 0 bridgehead atoms. The Morgan fingerprint density at radius 2 is 1.95 bits per heavy atom. The number of nitrogens with one attached hydrogen (secondary N) is 1. The standard InChI is InChI=1S/C15H17Br2NS2/c1-2-8-18-14(15-13(17)7-9-19-15)10-20-12-5-3-11(16)4-6-12/h3-7,9,14,18H,2,8,10H2,1H3. The van der Waals surface area contributed by atoms with Crippen LogP contribution in [-0.2, 0) is 0 Å². The molecule has 1 unspecified atom stereocenters. The van der Waals surface area contributed by atoms with Crippen molar-refractivity contribution < 1.29 is 0 Å². The number of benzene rings is 1. The predicted molar refractivity (Wildman–Crippen MR) is 97.9 cm³/mol. The third-order valence-electron chi connectivity index (χ3n) is 2.83. The Morgan fingerprint density at radius 3 is 2.55 bits per heavy atom. The molecule has 20 heavy (non-hydrogen) atoms. The first-order valence-electron chi connectivity index (χ1n) is 6.55. The summed E-state index contributed by atoms with van der Waals surface area (Å²) < 4.78 is 2.34. The highest BCUT2D eigenvalue weighted by Gasteiger charge is 2.15. The highest BCUT2D eigenvalue weighted by molar-refractivity contribution is 9.10. The molecule has 0 saturated carbocycles. The van der Waals surface area contributed by atoms with Gasteiger partial charge < -0.3 is 5.32 Å². The number of thiophene rings is 1. The summed E-state index contributed by atoms with van der Waals surface area (Å²) in [7, 11) is 0. The zero-order valence-electron chi connectivity index (χ0n) is 11.2. The highest BCUT2D eigenvalue weighted by atomic mass is 79.9. The van der Waals surface area contributed by atoms with Crippen molar-refractivity contribution in [2.45, 2.75) is 24.3 Å². The van der Waals surface area contributed by atoms with E-state index in [4.69, 9.17) is 0 Å². The number of hydrogen-bond donors (Lipinski definition) is 1. The molecular formula is C15H17Br2NS2. The number of rotatable bonds is 7. The van der Waals surface area contributed by atoms with Crippen LogP contribution in [0.4, 0.5) is 0 Å². The lowest BCUT2D eigenvalue weighted by Crippen LogP contribution is -2.23. The van der Waals surface area contributed by atoms with E-state index < -0.39 is 0 Å². The Bertz CT molecular complexity index is 525. The molecule has 1 nitrogen and oxygen atoms in total. The second kappa shape index (κ2) is 8.59. The fraction of sp³-hybridized carbons (Fsp3) is 0.333. The van der Waals surface area contributed by atoms with E-state index in [2.05, 4.69) is 79.8 Å². The maximum absolute atomic E-state index is 3.65. The Morgan fingerprint density at radius 1 is 1.20 bits per heavy atom. The maximum atomic E-state index is 3.65. The molecule has 108 valence electrons. The van der Waals surface area contributed by atoms with Gasteiger partial charge in [0.15, 0.2) is 0 Å². The van der Waals surface area contributed by atoms with Gasteiger partial charge in [-0.05, 0) is 64.6 Å². The van der Waals surface area contributed by atoms with E-state index >= 15 is 0 Å². The van der Waals surface area contributed by atoms with Gasteiger partial charge in [0, 0.05) is 24.5 Å². The average Bonchev–Trinajstić information content (AvgIpc) is 2.87. The van der Waals surface area contributed by atoms with Crippen LogP contribution in [-0.4, -0.2) is 12.3 Å². The van der Waals surface area contributed by atoms with Crippen LogP contribution < -0.4 is 5.32 Å². The van der Waals surface area contributed by atoms with Gasteiger partial charge in [-0.2, -0.15) is 0 Å². The third kappa shape index (κ3) is 4.88. The van der Waals surface area contributed by atoms with Crippen LogP contribution in [0.2, 0.25) is 0 Å². The van der Waals surface area contributed by atoms with Gasteiger partial charge in [0.1, 0.15) is 0 Å². The Labute approximate surface area is 145 Å². The second-order valence-corrected chi connectivity index (χ2v) is 8.22. The first-order chi connectivity index (χ1) is 9.70.